The van der Waals surface area contributed by atoms with Gasteiger partial charge in [-0.05, 0) is 48.9 Å². The van der Waals surface area contributed by atoms with Crippen LogP contribution < -0.4 is 11.1 Å². The minimum Gasteiger partial charge on any atom is -0.398 e. The number of hydrogen-bond donors (Lipinski definition) is 3. The molecular formula is C27H24F3N5O2. The number of aliphatic hydroxyl groups is 1. The molecule has 0 aliphatic heterocycles. The van der Waals surface area contributed by atoms with E-state index >= 15 is 0 Å². The van der Waals surface area contributed by atoms with Gasteiger partial charge in [0.2, 0.25) is 0 Å². The third-order valence-electron chi connectivity index (χ3n) is 5.73. The third-order valence-corrected chi connectivity index (χ3v) is 5.73. The first-order valence-corrected chi connectivity index (χ1v) is 11.3. The van der Waals surface area contributed by atoms with E-state index in [1.165, 1.54) is 19.3 Å². The van der Waals surface area contributed by atoms with Crippen LogP contribution in [-0.4, -0.2) is 33.9 Å². The fourth-order valence-electron chi connectivity index (χ4n) is 3.85. The highest BCUT2D eigenvalue weighted by Crippen LogP contribution is 2.36. The number of pyridine rings is 1. The van der Waals surface area contributed by atoms with Crippen LogP contribution in [-0.2, 0) is 6.18 Å². The molecule has 2 heterocycles. The van der Waals surface area contributed by atoms with Gasteiger partial charge in [0.05, 0.1) is 22.9 Å². The van der Waals surface area contributed by atoms with Gasteiger partial charge in [0, 0.05) is 41.8 Å². The lowest BCUT2D eigenvalue weighted by atomic mass is 10.00. The maximum Gasteiger partial charge on any atom is 0.417 e. The number of aliphatic hydroxyl groups excluding tert-OH is 1. The van der Waals surface area contributed by atoms with Gasteiger partial charge in [-0.25, -0.2) is 4.52 Å². The van der Waals surface area contributed by atoms with Crippen molar-refractivity contribution in [2.45, 2.75) is 19.2 Å². The summed E-state index contributed by atoms with van der Waals surface area (Å²) in [5, 5.41) is 17.5. The van der Waals surface area contributed by atoms with Crippen molar-refractivity contribution >= 4 is 29.0 Å². The molecule has 0 aliphatic carbocycles. The number of aliphatic imine (C=N–C) groups is 1. The van der Waals surface area contributed by atoms with Gasteiger partial charge in [-0.3, -0.25) is 9.79 Å². The Hall–Kier alpha value is -4.44. The Morgan fingerprint density at radius 3 is 2.54 bits per heavy atom. The molecule has 0 spiro atoms. The van der Waals surface area contributed by atoms with E-state index in [1.54, 1.807) is 29.8 Å². The standard InChI is InChI=1S/C27H24F3N5O2/c1-16(36)18-11-13-35-23(15-18)25(24(34-35)17-6-4-3-5-7-17)33-26(37)19-8-9-21(27(28,29)30)20(14-19)22(31)10-12-32-2/h3-16,36H,31H2,1-2H3,(H,33,37). The van der Waals surface area contributed by atoms with Gasteiger partial charge in [-0.15, -0.1) is 0 Å². The molecule has 0 aliphatic rings. The molecule has 0 radical (unpaired) electrons. The van der Waals surface area contributed by atoms with Crippen LogP contribution in [0.25, 0.3) is 22.5 Å². The Kier molecular flexibility index (Phi) is 7.12. The Morgan fingerprint density at radius 1 is 1.16 bits per heavy atom. The third kappa shape index (κ3) is 5.39. The summed E-state index contributed by atoms with van der Waals surface area (Å²) in [6.07, 6.45) is -1.26. The molecule has 10 heteroatoms. The number of carbonyl (C=O) groups is 1. The number of nitrogens with zero attached hydrogens (tertiary/aromatic N) is 3. The van der Waals surface area contributed by atoms with Crippen LogP contribution in [0.2, 0.25) is 0 Å². The van der Waals surface area contributed by atoms with E-state index in [0.717, 1.165) is 23.8 Å². The second-order valence-electron chi connectivity index (χ2n) is 8.30. The van der Waals surface area contributed by atoms with Gasteiger partial charge in [0.15, 0.2) is 0 Å². The van der Waals surface area contributed by atoms with Gasteiger partial charge in [0.25, 0.3) is 5.91 Å². The first kappa shape index (κ1) is 25.6. The van der Waals surface area contributed by atoms with Crippen molar-refractivity contribution in [2.24, 2.45) is 10.7 Å². The molecule has 1 unspecified atom stereocenters. The summed E-state index contributed by atoms with van der Waals surface area (Å²) >= 11 is 0. The smallest absolute Gasteiger partial charge is 0.398 e. The molecule has 0 bridgehead atoms. The molecule has 190 valence electrons. The van der Waals surface area contributed by atoms with Crippen LogP contribution in [0.3, 0.4) is 0 Å². The number of nitrogens with two attached hydrogens (primary N) is 1. The molecule has 1 atom stereocenters. The van der Waals surface area contributed by atoms with E-state index in [4.69, 9.17) is 5.73 Å². The first-order chi connectivity index (χ1) is 17.6. The number of aromatic nitrogens is 2. The number of allylic oxidation sites excluding steroid dienone is 1. The van der Waals surface area contributed by atoms with Crippen molar-refractivity contribution in [3.05, 3.63) is 95.2 Å². The molecule has 1 amide bonds. The SMILES string of the molecule is CN=CC=C(N)c1cc(C(=O)Nc2c(-c3ccccc3)nn3ccc(C(C)O)cc23)ccc1C(F)(F)F. The zero-order chi connectivity index (χ0) is 26.7. The number of halogens is 3. The van der Waals surface area contributed by atoms with E-state index in [1.807, 2.05) is 30.3 Å². The zero-order valence-electron chi connectivity index (χ0n) is 20.0. The van der Waals surface area contributed by atoms with Crippen LogP contribution in [0.1, 0.15) is 40.1 Å². The molecule has 2 aromatic heterocycles. The molecule has 4 N–H and O–H groups in total. The molecule has 0 fully saturated rings. The summed E-state index contributed by atoms with van der Waals surface area (Å²) in [6.45, 7) is 1.61. The van der Waals surface area contributed by atoms with Crippen LogP contribution >= 0.6 is 0 Å². The maximum absolute atomic E-state index is 13.6. The van der Waals surface area contributed by atoms with Gasteiger partial charge in [-0.2, -0.15) is 18.3 Å². The van der Waals surface area contributed by atoms with E-state index in [9.17, 15) is 23.1 Å². The fraction of sp³-hybridized carbons (Fsp3) is 0.148. The summed E-state index contributed by atoms with van der Waals surface area (Å²) in [7, 11) is 1.46. The molecule has 2 aromatic carbocycles. The lowest BCUT2D eigenvalue weighted by Gasteiger charge is -2.15. The topological polar surface area (TPSA) is 105 Å². The minimum absolute atomic E-state index is 0.0298. The average Bonchev–Trinajstić information content (AvgIpc) is 3.24. The number of nitrogens with one attached hydrogen (secondary N) is 1. The van der Waals surface area contributed by atoms with Crippen molar-refractivity contribution in [1.29, 1.82) is 0 Å². The summed E-state index contributed by atoms with van der Waals surface area (Å²) in [5.41, 5.74) is 7.04. The number of benzene rings is 2. The monoisotopic (exact) mass is 507 g/mol. The zero-order valence-corrected chi connectivity index (χ0v) is 20.0. The minimum atomic E-state index is -4.67. The van der Waals surface area contributed by atoms with Gasteiger partial charge in [0.1, 0.15) is 5.69 Å². The number of fused-ring (bicyclic) bond motifs is 1. The molecule has 0 saturated heterocycles. The van der Waals surface area contributed by atoms with E-state index in [2.05, 4.69) is 15.4 Å². The maximum atomic E-state index is 13.6. The molecule has 4 rings (SSSR count). The Bertz CT molecular complexity index is 1510. The average molecular weight is 508 g/mol. The molecule has 7 nitrogen and oxygen atoms in total. The van der Waals surface area contributed by atoms with Crippen LogP contribution in [0.15, 0.2) is 77.9 Å². The molecular weight excluding hydrogens is 483 g/mol. The Balaban J connectivity index is 1.83. The number of alkyl halides is 3. The highest BCUT2D eigenvalue weighted by atomic mass is 19.4. The summed E-state index contributed by atoms with van der Waals surface area (Å²) in [6, 6.07) is 15.6. The first-order valence-electron chi connectivity index (χ1n) is 11.3. The van der Waals surface area contributed by atoms with Crippen molar-refractivity contribution in [2.75, 3.05) is 12.4 Å². The van der Waals surface area contributed by atoms with Crippen molar-refractivity contribution in [1.82, 2.24) is 9.61 Å². The van der Waals surface area contributed by atoms with Gasteiger partial charge >= 0.3 is 6.18 Å². The Labute approximate surface area is 210 Å². The number of rotatable bonds is 6. The normalized spacial score (nSPS) is 13.3. The van der Waals surface area contributed by atoms with Crippen LogP contribution in [0.5, 0.6) is 0 Å². The second kappa shape index (κ2) is 10.3. The number of carbonyl (C=O) groups excluding carboxylic acids is 1. The second-order valence-corrected chi connectivity index (χ2v) is 8.30. The molecule has 4 aromatic rings. The number of amides is 1. The van der Waals surface area contributed by atoms with Crippen molar-refractivity contribution in [3.8, 4) is 11.3 Å². The summed E-state index contributed by atoms with van der Waals surface area (Å²) in [5.74, 6) is -0.651. The summed E-state index contributed by atoms with van der Waals surface area (Å²) < 4.78 is 42.5. The van der Waals surface area contributed by atoms with Gasteiger partial charge in [-0.1, -0.05) is 30.3 Å². The van der Waals surface area contributed by atoms with Crippen molar-refractivity contribution < 1.29 is 23.1 Å². The van der Waals surface area contributed by atoms with Gasteiger partial charge < -0.3 is 16.2 Å². The van der Waals surface area contributed by atoms with E-state index in [0.29, 0.717) is 22.5 Å². The van der Waals surface area contributed by atoms with Crippen molar-refractivity contribution in [3.63, 3.8) is 0 Å². The highest BCUT2D eigenvalue weighted by Gasteiger charge is 2.34. The Morgan fingerprint density at radius 2 is 1.89 bits per heavy atom. The fourth-order valence-corrected chi connectivity index (χ4v) is 3.85. The number of anilines is 1. The predicted molar refractivity (Wildman–Crippen MR) is 137 cm³/mol. The predicted octanol–water partition coefficient (Wildman–Crippen LogP) is 5.33. The van der Waals surface area contributed by atoms with E-state index < -0.39 is 23.8 Å². The summed E-state index contributed by atoms with van der Waals surface area (Å²) in [4.78, 5) is 17.1. The van der Waals surface area contributed by atoms with E-state index in [-0.39, 0.29) is 16.8 Å². The number of hydrogen-bond acceptors (Lipinski definition) is 5. The quantitative estimate of drug-likeness (QED) is 0.307. The highest BCUT2D eigenvalue weighted by molar-refractivity contribution is 6.09. The van der Waals surface area contributed by atoms with Crippen LogP contribution in [0.4, 0.5) is 18.9 Å². The largest absolute Gasteiger partial charge is 0.417 e. The lowest BCUT2D eigenvalue weighted by molar-refractivity contribution is -0.137. The van der Waals surface area contributed by atoms with Crippen LogP contribution in [0, 0.1) is 0 Å². The molecule has 0 saturated carbocycles. The lowest BCUT2D eigenvalue weighted by Crippen LogP contribution is -2.16. The molecule has 37 heavy (non-hydrogen) atoms.